The van der Waals surface area contributed by atoms with Gasteiger partial charge in [-0.05, 0) is 50.1 Å². The minimum absolute atomic E-state index is 0.0577. The van der Waals surface area contributed by atoms with Crippen molar-refractivity contribution in [3.63, 3.8) is 0 Å². The number of aryl methyl sites for hydroxylation is 1. The molecule has 31 heavy (non-hydrogen) atoms. The summed E-state index contributed by atoms with van der Waals surface area (Å²) in [5.74, 6) is -0.0602. The summed E-state index contributed by atoms with van der Waals surface area (Å²) in [6.07, 6.45) is 2.36. The monoisotopic (exact) mass is 445 g/mol. The number of nitrogens with zero attached hydrogens (tertiary/aromatic N) is 2. The van der Waals surface area contributed by atoms with E-state index in [0.29, 0.717) is 36.7 Å². The Kier molecular flexibility index (Phi) is 6.84. The van der Waals surface area contributed by atoms with Crippen molar-refractivity contribution in [2.45, 2.75) is 26.7 Å². The quantitative estimate of drug-likeness (QED) is 0.674. The molecule has 0 spiro atoms. The average Bonchev–Trinajstić information content (AvgIpc) is 3.13. The predicted molar refractivity (Wildman–Crippen MR) is 121 cm³/mol. The lowest BCUT2D eigenvalue weighted by Gasteiger charge is -2.24. The number of amides is 2. The van der Waals surface area contributed by atoms with Crippen molar-refractivity contribution in [2.75, 3.05) is 40.5 Å². The number of ether oxygens (including phenoxy) is 1. The lowest BCUT2D eigenvalue weighted by atomic mass is 10.1. The normalized spacial score (nSPS) is 13.9. The Balaban J connectivity index is 1.82. The van der Waals surface area contributed by atoms with Crippen LogP contribution < -0.4 is 19.3 Å². The maximum absolute atomic E-state index is 12.8. The highest BCUT2D eigenvalue weighted by molar-refractivity contribution is 7.92. The third kappa shape index (κ3) is 5.35. The molecule has 0 radical (unpaired) electrons. The number of sulfonamides is 1. The fraction of sp³-hybridized carbons (Fsp3) is 0.364. The van der Waals surface area contributed by atoms with E-state index < -0.39 is 22.5 Å². The molecule has 2 amide bonds. The van der Waals surface area contributed by atoms with Crippen molar-refractivity contribution in [1.29, 1.82) is 0 Å². The van der Waals surface area contributed by atoms with Crippen molar-refractivity contribution in [1.82, 2.24) is 0 Å². The molecule has 1 saturated heterocycles. The van der Waals surface area contributed by atoms with Crippen LogP contribution in [0.4, 0.5) is 17.1 Å². The second-order valence-electron chi connectivity index (χ2n) is 7.37. The molecule has 0 unspecified atom stereocenters. The number of carbonyl (C=O) groups is 2. The van der Waals surface area contributed by atoms with Gasteiger partial charge in [0.25, 0.3) is 0 Å². The molecule has 3 rings (SSSR count). The van der Waals surface area contributed by atoms with E-state index in [9.17, 15) is 18.0 Å². The lowest BCUT2D eigenvalue weighted by Crippen LogP contribution is -2.37. The molecule has 1 aliphatic heterocycles. The molecular formula is C22H27N3O5S. The molecule has 166 valence electrons. The van der Waals surface area contributed by atoms with Gasteiger partial charge in [0, 0.05) is 24.3 Å². The molecule has 0 aromatic heterocycles. The highest BCUT2D eigenvalue weighted by Gasteiger charge is 2.25. The van der Waals surface area contributed by atoms with Crippen LogP contribution in [0, 0.1) is 6.92 Å². The van der Waals surface area contributed by atoms with Crippen molar-refractivity contribution >= 4 is 38.9 Å². The van der Waals surface area contributed by atoms with Gasteiger partial charge in [-0.15, -0.1) is 0 Å². The zero-order valence-corrected chi connectivity index (χ0v) is 18.7. The number of carbonyl (C=O) groups excluding carboxylic acids is 2. The Morgan fingerprint density at radius 2 is 1.97 bits per heavy atom. The molecule has 0 saturated carbocycles. The number of para-hydroxylation sites is 2. The Hall–Kier alpha value is -3.07. The molecular weight excluding hydrogens is 418 g/mol. The second-order valence-corrected chi connectivity index (χ2v) is 9.28. The molecule has 0 atom stereocenters. The number of hydrogen-bond donors (Lipinski definition) is 1. The van der Waals surface area contributed by atoms with Crippen LogP contribution in [0.1, 0.15) is 25.3 Å². The predicted octanol–water partition coefficient (Wildman–Crippen LogP) is 2.93. The molecule has 0 bridgehead atoms. The summed E-state index contributed by atoms with van der Waals surface area (Å²) in [4.78, 5) is 26.6. The van der Waals surface area contributed by atoms with Crippen molar-refractivity contribution in [3.8, 4) is 5.75 Å². The number of benzene rings is 2. The zero-order valence-electron chi connectivity index (χ0n) is 17.9. The third-order valence-electron chi connectivity index (χ3n) is 4.98. The highest BCUT2D eigenvalue weighted by atomic mass is 32.2. The summed E-state index contributed by atoms with van der Waals surface area (Å²) in [6.45, 7) is 4.31. The summed E-state index contributed by atoms with van der Waals surface area (Å²) in [6, 6.07) is 12.0. The van der Waals surface area contributed by atoms with Gasteiger partial charge in [0.05, 0.1) is 18.6 Å². The summed E-state index contributed by atoms with van der Waals surface area (Å²) < 4.78 is 31.4. The van der Waals surface area contributed by atoms with E-state index in [4.69, 9.17) is 4.74 Å². The summed E-state index contributed by atoms with van der Waals surface area (Å²) in [7, 11) is -3.74. The first-order valence-corrected chi connectivity index (χ1v) is 12.0. The standard InChI is InChI=1S/C22H27N3O5S/c1-4-30-20-9-6-5-8-18(20)25(31(3,28)29)15-21(26)23-17-12-11-16(2)19(14-17)24-13-7-10-22(24)27/h5-6,8-9,11-12,14H,4,7,10,13,15H2,1-3H3,(H,23,26). The van der Waals surface area contributed by atoms with Gasteiger partial charge >= 0.3 is 0 Å². The van der Waals surface area contributed by atoms with Crippen LogP contribution >= 0.6 is 0 Å². The molecule has 2 aromatic rings. The first-order valence-electron chi connectivity index (χ1n) is 10.1. The summed E-state index contributed by atoms with van der Waals surface area (Å²) >= 11 is 0. The van der Waals surface area contributed by atoms with Gasteiger partial charge in [0.2, 0.25) is 21.8 Å². The van der Waals surface area contributed by atoms with Crippen LogP contribution in [0.5, 0.6) is 5.75 Å². The van der Waals surface area contributed by atoms with Crippen molar-refractivity contribution in [2.24, 2.45) is 0 Å². The number of anilines is 3. The largest absolute Gasteiger partial charge is 0.492 e. The molecule has 9 heteroatoms. The van der Waals surface area contributed by atoms with E-state index in [1.54, 1.807) is 48.2 Å². The highest BCUT2D eigenvalue weighted by Crippen LogP contribution is 2.31. The fourth-order valence-electron chi connectivity index (χ4n) is 3.53. The maximum Gasteiger partial charge on any atom is 0.245 e. The number of nitrogens with one attached hydrogen (secondary N) is 1. The smallest absolute Gasteiger partial charge is 0.245 e. The van der Waals surface area contributed by atoms with E-state index >= 15 is 0 Å². The minimum Gasteiger partial charge on any atom is -0.492 e. The number of hydrogen-bond acceptors (Lipinski definition) is 5. The first-order chi connectivity index (χ1) is 14.7. The van der Waals surface area contributed by atoms with Crippen molar-refractivity contribution < 1.29 is 22.7 Å². The second kappa shape index (κ2) is 9.38. The van der Waals surface area contributed by atoms with E-state index in [1.807, 2.05) is 13.0 Å². The summed E-state index contributed by atoms with van der Waals surface area (Å²) in [5.41, 5.74) is 2.48. The Bertz CT molecular complexity index is 1080. The van der Waals surface area contributed by atoms with Crippen LogP contribution in [-0.2, 0) is 19.6 Å². The van der Waals surface area contributed by atoms with Crippen LogP contribution in [0.25, 0.3) is 0 Å². The van der Waals surface area contributed by atoms with Crippen LogP contribution in [-0.4, -0.2) is 46.2 Å². The average molecular weight is 446 g/mol. The van der Waals surface area contributed by atoms with Crippen LogP contribution in [0.15, 0.2) is 42.5 Å². The van der Waals surface area contributed by atoms with E-state index in [0.717, 1.165) is 28.2 Å². The van der Waals surface area contributed by atoms with Gasteiger partial charge in [-0.25, -0.2) is 8.42 Å². The molecule has 1 heterocycles. The first kappa shape index (κ1) is 22.6. The molecule has 8 nitrogen and oxygen atoms in total. The van der Waals surface area contributed by atoms with E-state index in [2.05, 4.69) is 5.32 Å². The molecule has 1 N–H and O–H groups in total. The molecule has 1 fully saturated rings. The topological polar surface area (TPSA) is 96.0 Å². The van der Waals surface area contributed by atoms with Gasteiger partial charge in [-0.3, -0.25) is 13.9 Å². The van der Waals surface area contributed by atoms with Gasteiger partial charge in [-0.2, -0.15) is 0 Å². The van der Waals surface area contributed by atoms with Gasteiger partial charge in [0.15, 0.2) is 0 Å². The van der Waals surface area contributed by atoms with Crippen LogP contribution in [0.3, 0.4) is 0 Å². The molecule has 0 aliphatic carbocycles. The zero-order chi connectivity index (χ0) is 22.6. The van der Waals surface area contributed by atoms with Gasteiger partial charge in [0.1, 0.15) is 12.3 Å². The van der Waals surface area contributed by atoms with Gasteiger partial charge in [-0.1, -0.05) is 18.2 Å². The maximum atomic E-state index is 12.8. The minimum atomic E-state index is -3.74. The summed E-state index contributed by atoms with van der Waals surface area (Å²) in [5, 5.41) is 2.75. The fourth-order valence-corrected chi connectivity index (χ4v) is 4.39. The Morgan fingerprint density at radius 3 is 2.61 bits per heavy atom. The third-order valence-corrected chi connectivity index (χ3v) is 6.10. The van der Waals surface area contributed by atoms with Gasteiger partial charge < -0.3 is 15.0 Å². The van der Waals surface area contributed by atoms with Crippen LogP contribution in [0.2, 0.25) is 0 Å². The molecule has 1 aliphatic rings. The van der Waals surface area contributed by atoms with E-state index in [-0.39, 0.29) is 5.91 Å². The molecule has 2 aromatic carbocycles. The Morgan fingerprint density at radius 1 is 1.23 bits per heavy atom. The Labute approximate surface area is 182 Å². The SMILES string of the molecule is CCOc1ccccc1N(CC(=O)Nc1ccc(C)c(N2CCCC2=O)c1)S(C)(=O)=O. The van der Waals surface area contributed by atoms with E-state index in [1.165, 1.54) is 0 Å². The van der Waals surface area contributed by atoms with Crippen molar-refractivity contribution in [3.05, 3.63) is 48.0 Å². The number of rotatable bonds is 8. The lowest BCUT2D eigenvalue weighted by molar-refractivity contribution is -0.117.